The fourth-order valence-electron chi connectivity index (χ4n) is 4.89. The Morgan fingerprint density at radius 2 is 1.71 bits per heavy atom. The van der Waals surface area contributed by atoms with Gasteiger partial charge in [-0.25, -0.2) is 0 Å². The molecular weight excluding hydrogens is 446 g/mol. The highest BCUT2D eigenvalue weighted by atomic mass is 32.1. The first-order chi connectivity index (χ1) is 16.7. The van der Waals surface area contributed by atoms with Crippen molar-refractivity contribution in [1.82, 2.24) is 4.98 Å². The molecule has 0 aliphatic carbocycles. The summed E-state index contributed by atoms with van der Waals surface area (Å²) in [6, 6.07) is 21.8. The molecule has 3 heteroatoms. The van der Waals surface area contributed by atoms with Gasteiger partial charge in [-0.05, 0) is 82.3 Å². The van der Waals surface area contributed by atoms with Crippen molar-refractivity contribution in [3.8, 4) is 11.3 Å². The molecule has 2 aromatic carbocycles. The summed E-state index contributed by atoms with van der Waals surface area (Å²) in [6.07, 6.45) is 2.92. The van der Waals surface area contributed by atoms with E-state index in [2.05, 4.69) is 102 Å². The Kier molecular flexibility index (Phi) is 6.14. The Morgan fingerprint density at radius 1 is 0.914 bits per heavy atom. The molecule has 5 rings (SSSR count). The van der Waals surface area contributed by atoms with E-state index in [-0.39, 0.29) is 5.41 Å². The molecule has 0 fully saturated rings. The largest absolute Gasteiger partial charge is 0.456 e. The van der Waals surface area contributed by atoms with Crippen molar-refractivity contribution in [2.45, 2.75) is 53.4 Å². The quantitative estimate of drug-likeness (QED) is 0.257. The van der Waals surface area contributed by atoms with Gasteiger partial charge in [-0.3, -0.25) is 4.98 Å². The van der Waals surface area contributed by atoms with Crippen LogP contribution in [-0.2, 0) is 11.8 Å². The molecule has 0 aliphatic heterocycles. The molecule has 178 valence electrons. The van der Waals surface area contributed by atoms with E-state index in [1.54, 1.807) is 11.3 Å². The van der Waals surface area contributed by atoms with E-state index in [4.69, 9.17) is 9.40 Å². The highest BCUT2D eigenvalue weighted by Gasteiger charge is 2.20. The van der Waals surface area contributed by atoms with E-state index < -0.39 is 0 Å². The number of benzene rings is 2. The molecule has 0 bridgehead atoms. The molecule has 0 spiro atoms. The molecule has 35 heavy (non-hydrogen) atoms. The zero-order chi connectivity index (χ0) is 24.7. The number of aryl methyl sites for hydroxylation is 1. The van der Waals surface area contributed by atoms with Crippen LogP contribution in [0, 0.1) is 12.8 Å². The van der Waals surface area contributed by atoms with Crippen molar-refractivity contribution < 1.29 is 4.42 Å². The minimum atomic E-state index is 0.0158. The maximum absolute atomic E-state index is 6.41. The fraction of sp³-hybridized carbons (Fsp3) is 0.281. The number of aromatic nitrogens is 1. The average molecular weight is 480 g/mol. The van der Waals surface area contributed by atoms with Crippen LogP contribution in [0.2, 0.25) is 0 Å². The third-order valence-corrected chi connectivity index (χ3v) is 7.49. The number of fused-ring (bicyclic) bond motifs is 4. The van der Waals surface area contributed by atoms with Gasteiger partial charge in [0.1, 0.15) is 11.2 Å². The van der Waals surface area contributed by atoms with Gasteiger partial charge in [-0.15, -0.1) is 11.3 Å². The smallest absolute Gasteiger partial charge is 0.139 e. The molecule has 0 amide bonds. The minimum Gasteiger partial charge on any atom is -0.456 e. The first-order valence-electron chi connectivity index (χ1n) is 12.4. The van der Waals surface area contributed by atoms with Crippen LogP contribution in [-0.4, -0.2) is 4.98 Å². The summed E-state index contributed by atoms with van der Waals surface area (Å²) in [5.74, 6) is 0.603. The van der Waals surface area contributed by atoms with E-state index >= 15 is 0 Å². The summed E-state index contributed by atoms with van der Waals surface area (Å²) in [5.41, 5.74) is 6.57. The second-order valence-corrected chi connectivity index (χ2v) is 12.0. The monoisotopic (exact) mass is 479 g/mol. The maximum atomic E-state index is 6.41. The van der Waals surface area contributed by atoms with E-state index in [9.17, 15) is 0 Å². The molecule has 0 N–H and O–H groups in total. The number of hydrogen-bond acceptors (Lipinski definition) is 3. The van der Waals surface area contributed by atoms with Gasteiger partial charge < -0.3 is 4.42 Å². The molecule has 2 nitrogen and oxygen atoms in total. The Bertz CT molecular complexity index is 1600. The number of hydrogen-bond donors (Lipinski definition) is 0. The lowest BCUT2D eigenvalue weighted by molar-refractivity contribution is 0.596. The lowest BCUT2D eigenvalue weighted by Gasteiger charge is -2.22. The summed E-state index contributed by atoms with van der Waals surface area (Å²) in [4.78, 5) is 6.24. The molecule has 3 aromatic heterocycles. The van der Waals surface area contributed by atoms with Crippen molar-refractivity contribution in [2.75, 3.05) is 0 Å². The van der Waals surface area contributed by atoms with Gasteiger partial charge in [-0.1, -0.05) is 65.0 Å². The molecule has 0 saturated carbocycles. The van der Waals surface area contributed by atoms with E-state index in [0.717, 1.165) is 39.6 Å². The molecule has 0 unspecified atom stereocenters. The standard InChI is InChI=1S/C32H33NOS/c1-20(2)17-22-11-12-28-26(14-16-35-21(22)3)30-29(34-28)13-15-33-31(30)24-18-23-9-7-8-10-25(23)27(19-24)32(4,5)6/h7-16,18-20H,17H2,1-6H3. The second kappa shape index (κ2) is 9.13. The Morgan fingerprint density at radius 3 is 2.49 bits per heavy atom. The number of furan rings is 1. The topological polar surface area (TPSA) is 26.0 Å². The van der Waals surface area contributed by atoms with Crippen molar-refractivity contribution in [2.24, 2.45) is 5.92 Å². The normalized spacial score (nSPS) is 12.1. The van der Waals surface area contributed by atoms with Crippen molar-refractivity contribution in [1.29, 1.82) is 0 Å². The average Bonchev–Trinajstić information content (AvgIpc) is 3.19. The van der Waals surface area contributed by atoms with Gasteiger partial charge in [-0.2, -0.15) is 0 Å². The van der Waals surface area contributed by atoms with Crippen LogP contribution in [0.15, 0.2) is 76.7 Å². The van der Waals surface area contributed by atoms with Gasteiger partial charge in [0, 0.05) is 22.0 Å². The molecule has 0 atom stereocenters. The molecule has 0 saturated heterocycles. The predicted molar refractivity (Wildman–Crippen MR) is 152 cm³/mol. The zero-order valence-electron chi connectivity index (χ0n) is 21.5. The first-order valence-corrected chi connectivity index (χ1v) is 13.3. The predicted octanol–water partition coefficient (Wildman–Crippen LogP) is 9.79. The molecule has 5 aromatic rings. The lowest BCUT2D eigenvalue weighted by Crippen LogP contribution is -2.12. The van der Waals surface area contributed by atoms with Crippen molar-refractivity contribution in [3.63, 3.8) is 0 Å². The van der Waals surface area contributed by atoms with Gasteiger partial charge >= 0.3 is 0 Å². The van der Waals surface area contributed by atoms with Crippen LogP contribution in [0.1, 0.15) is 50.6 Å². The van der Waals surface area contributed by atoms with Crippen molar-refractivity contribution in [3.05, 3.63) is 88.2 Å². The van der Waals surface area contributed by atoms with Crippen LogP contribution in [0.5, 0.6) is 0 Å². The number of rotatable bonds is 3. The first kappa shape index (κ1) is 23.6. The Balaban J connectivity index is 1.82. The summed E-state index contributed by atoms with van der Waals surface area (Å²) < 4.78 is 6.41. The summed E-state index contributed by atoms with van der Waals surface area (Å²) in [7, 11) is 0. The summed E-state index contributed by atoms with van der Waals surface area (Å²) in [6.45, 7) is 13.6. The highest BCUT2D eigenvalue weighted by Crippen LogP contribution is 2.39. The fourth-order valence-corrected chi connectivity index (χ4v) is 5.60. The molecule has 0 radical (unpaired) electrons. The third kappa shape index (κ3) is 4.58. The van der Waals surface area contributed by atoms with Gasteiger partial charge in [0.2, 0.25) is 0 Å². The van der Waals surface area contributed by atoms with Gasteiger partial charge in [0.05, 0.1) is 11.1 Å². The van der Waals surface area contributed by atoms with E-state index in [0.29, 0.717) is 5.92 Å². The van der Waals surface area contributed by atoms with Crippen LogP contribution in [0.3, 0.4) is 0 Å². The number of pyridine rings is 1. The summed E-state index contributed by atoms with van der Waals surface area (Å²) in [5, 5.41) is 6.89. The van der Waals surface area contributed by atoms with E-state index in [1.165, 1.54) is 26.8 Å². The number of nitrogens with zero attached hydrogens (tertiary/aromatic N) is 1. The molecular formula is C32H33NOS. The second-order valence-electron chi connectivity index (χ2n) is 10.8. The van der Waals surface area contributed by atoms with E-state index in [1.807, 2.05) is 12.3 Å². The van der Waals surface area contributed by atoms with Crippen LogP contribution < -0.4 is 0 Å². The SMILES string of the molecule is Cc1sccc2c(ccc1CC(C)C)oc1ccnc(-c3cc(C(C)(C)C)c4ccccc4c3)c12. The highest BCUT2D eigenvalue weighted by molar-refractivity contribution is 7.09. The van der Waals surface area contributed by atoms with Crippen LogP contribution in [0.25, 0.3) is 44.0 Å². The third-order valence-electron chi connectivity index (χ3n) is 6.61. The van der Waals surface area contributed by atoms with Gasteiger partial charge in [0.15, 0.2) is 0 Å². The van der Waals surface area contributed by atoms with Crippen LogP contribution >= 0.6 is 11.3 Å². The zero-order valence-corrected chi connectivity index (χ0v) is 22.3. The maximum Gasteiger partial charge on any atom is 0.139 e. The Hall–Kier alpha value is -3.17. The lowest BCUT2D eigenvalue weighted by atomic mass is 9.82. The van der Waals surface area contributed by atoms with Crippen molar-refractivity contribution >= 4 is 44.0 Å². The minimum absolute atomic E-state index is 0.0158. The summed E-state index contributed by atoms with van der Waals surface area (Å²) >= 11 is 1.79. The Labute approximate surface area is 212 Å². The molecule has 0 aliphatic rings. The van der Waals surface area contributed by atoms with Crippen LogP contribution in [0.4, 0.5) is 0 Å². The molecule has 3 heterocycles. The van der Waals surface area contributed by atoms with Gasteiger partial charge in [0.25, 0.3) is 0 Å².